The maximum atomic E-state index is 13.9. The van der Waals surface area contributed by atoms with E-state index in [1.807, 2.05) is 20.8 Å². The highest BCUT2D eigenvalue weighted by atomic mass is 35.5. The Balaban J connectivity index is 0.00000169. The van der Waals surface area contributed by atoms with Gasteiger partial charge in [-0.25, -0.2) is 4.98 Å². The molecule has 43 heavy (non-hydrogen) atoms. The summed E-state index contributed by atoms with van der Waals surface area (Å²) >= 11 is 1.22. The largest absolute Gasteiger partial charge is 0.433 e. The van der Waals surface area contributed by atoms with Gasteiger partial charge in [0.1, 0.15) is 5.69 Å². The van der Waals surface area contributed by atoms with E-state index in [1.165, 1.54) is 29.4 Å². The number of pyridine rings is 2. The number of carbonyl (C=O) groups is 3. The maximum absolute atomic E-state index is 13.9. The Morgan fingerprint density at radius 1 is 1.12 bits per heavy atom. The van der Waals surface area contributed by atoms with Crippen LogP contribution in [0, 0.1) is 24.2 Å². The van der Waals surface area contributed by atoms with Crippen molar-refractivity contribution in [2.75, 3.05) is 13.1 Å². The van der Waals surface area contributed by atoms with Gasteiger partial charge in [0.15, 0.2) is 0 Å². The number of aryl methyl sites for hydroxylation is 1. The molecular weight excluding hydrogens is 650 g/mol. The Hall–Kier alpha value is -2.51. The molecular formula is C28H31Cl3F3N5O3S. The van der Waals surface area contributed by atoms with E-state index in [0.717, 1.165) is 6.07 Å². The number of likely N-dealkylation sites (tertiary alicyclic amines) is 2. The Bertz CT molecular complexity index is 1600. The van der Waals surface area contributed by atoms with Crippen LogP contribution in [0.5, 0.6) is 0 Å². The van der Waals surface area contributed by atoms with Gasteiger partial charge in [-0.1, -0.05) is 13.8 Å². The number of alkyl halides is 3. The highest BCUT2D eigenvalue weighted by Gasteiger charge is 2.72. The first kappa shape index (κ1) is 35.0. The van der Waals surface area contributed by atoms with E-state index < -0.39 is 23.3 Å². The van der Waals surface area contributed by atoms with Gasteiger partial charge in [-0.15, -0.1) is 48.6 Å². The highest BCUT2D eigenvalue weighted by molar-refractivity contribution is 7.19. The number of imide groups is 1. The van der Waals surface area contributed by atoms with E-state index in [2.05, 4.69) is 9.97 Å². The molecule has 2 aliphatic heterocycles. The third-order valence-corrected chi connectivity index (χ3v) is 9.58. The topological polar surface area (TPSA) is 109 Å². The molecule has 234 valence electrons. The lowest BCUT2D eigenvalue weighted by Crippen LogP contribution is -2.41. The number of thiophene rings is 1. The summed E-state index contributed by atoms with van der Waals surface area (Å²) in [7, 11) is 0. The molecule has 0 bridgehead atoms. The Labute approximate surface area is 268 Å². The average molecular weight is 681 g/mol. The minimum absolute atomic E-state index is 0. The van der Waals surface area contributed by atoms with Gasteiger partial charge in [-0.3, -0.25) is 24.3 Å². The summed E-state index contributed by atoms with van der Waals surface area (Å²) in [6.45, 7) is 7.84. The predicted octanol–water partition coefficient (Wildman–Crippen LogP) is 5.66. The van der Waals surface area contributed by atoms with Crippen LogP contribution in [0.15, 0.2) is 24.4 Å². The van der Waals surface area contributed by atoms with Crippen molar-refractivity contribution in [3.05, 3.63) is 46.1 Å². The number of halogens is 6. The molecule has 6 rings (SSSR count). The number of amides is 3. The monoisotopic (exact) mass is 679 g/mol. The molecule has 1 aliphatic carbocycles. The number of aromatic nitrogens is 2. The number of nitrogens with zero attached hydrogens (tertiary/aromatic N) is 4. The van der Waals surface area contributed by atoms with Gasteiger partial charge >= 0.3 is 6.18 Å². The molecule has 2 saturated heterocycles. The molecule has 3 aliphatic rings. The first-order chi connectivity index (χ1) is 18.6. The molecule has 8 nitrogen and oxygen atoms in total. The van der Waals surface area contributed by atoms with Gasteiger partial charge in [0.25, 0.3) is 5.91 Å². The van der Waals surface area contributed by atoms with E-state index in [9.17, 15) is 27.6 Å². The summed E-state index contributed by atoms with van der Waals surface area (Å²) in [6, 6.07) is 4.16. The summed E-state index contributed by atoms with van der Waals surface area (Å²) in [4.78, 5) is 51.2. The summed E-state index contributed by atoms with van der Waals surface area (Å²) in [5.74, 6) is -1.46. The summed E-state index contributed by atoms with van der Waals surface area (Å²) in [6.07, 6.45) is -2.69. The van der Waals surface area contributed by atoms with Crippen LogP contribution in [0.1, 0.15) is 53.7 Å². The lowest BCUT2D eigenvalue weighted by molar-refractivity contribution is -0.144. The fourth-order valence-corrected chi connectivity index (χ4v) is 7.28. The molecule has 5 heterocycles. The van der Waals surface area contributed by atoms with Crippen LogP contribution in [0.25, 0.3) is 21.5 Å². The van der Waals surface area contributed by atoms with Crippen molar-refractivity contribution in [2.24, 2.45) is 23.0 Å². The number of hydrogen-bond donors (Lipinski definition) is 1. The van der Waals surface area contributed by atoms with Crippen molar-refractivity contribution in [2.45, 2.75) is 52.4 Å². The number of hydrogen-bond acceptors (Lipinski definition) is 7. The van der Waals surface area contributed by atoms with Crippen molar-refractivity contribution >= 4 is 76.5 Å². The van der Waals surface area contributed by atoms with Gasteiger partial charge in [-0.2, -0.15) is 13.2 Å². The van der Waals surface area contributed by atoms with Gasteiger partial charge in [0.2, 0.25) is 11.8 Å². The Kier molecular flexibility index (Phi) is 9.31. The van der Waals surface area contributed by atoms with Crippen LogP contribution in [0.3, 0.4) is 0 Å². The molecule has 3 fully saturated rings. The molecule has 3 amide bonds. The first-order valence-corrected chi connectivity index (χ1v) is 13.8. The fraction of sp³-hybridized carbons (Fsp3) is 0.464. The van der Waals surface area contributed by atoms with Gasteiger partial charge in [-0.05, 0) is 49.4 Å². The number of piperidine rings is 1. The summed E-state index contributed by atoms with van der Waals surface area (Å²) in [5.41, 5.74) is 5.18. The second kappa shape index (κ2) is 11.4. The van der Waals surface area contributed by atoms with E-state index in [1.54, 1.807) is 17.0 Å². The van der Waals surface area contributed by atoms with E-state index in [4.69, 9.17) is 5.73 Å². The molecule has 3 aromatic heterocycles. The van der Waals surface area contributed by atoms with E-state index >= 15 is 0 Å². The van der Waals surface area contributed by atoms with Crippen LogP contribution in [-0.4, -0.2) is 56.1 Å². The van der Waals surface area contributed by atoms with E-state index in [-0.39, 0.29) is 96.2 Å². The molecule has 3 aromatic rings. The average Bonchev–Trinajstić information content (AvgIpc) is 3.19. The second-order valence-corrected chi connectivity index (χ2v) is 13.1. The Morgan fingerprint density at radius 3 is 2.30 bits per heavy atom. The van der Waals surface area contributed by atoms with Crippen molar-refractivity contribution < 1.29 is 27.6 Å². The lowest BCUT2D eigenvalue weighted by atomic mass is 9.99. The second-order valence-electron chi connectivity index (χ2n) is 12.0. The van der Waals surface area contributed by atoms with Gasteiger partial charge in [0, 0.05) is 35.3 Å². The summed E-state index contributed by atoms with van der Waals surface area (Å²) in [5, 5.41) is 0. The molecule has 3 unspecified atom stereocenters. The van der Waals surface area contributed by atoms with Crippen LogP contribution in [0.2, 0.25) is 0 Å². The summed E-state index contributed by atoms with van der Waals surface area (Å²) < 4.78 is 42.1. The number of nitrogens with two attached hydrogens (primary N) is 1. The molecule has 0 aromatic carbocycles. The molecule has 1 saturated carbocycles. The number of carbonyl (C=O) groups excluding carboxylic acids is 3. The fourth-order valence-electron chi connectivity index (χ4n) is 6.17. The molecule has 0 radical (unpaired) electrons. The molecule has 3 atom stereocenters. The smallest absolute Gasteiger partial charge is 0.337 e. The lowest BCUT2D eigenvalue weighted by Gasteiger charge is -2.23. The molecule has 2 N–H and O–H groups in total. The maximum Gasteiger partial charge on any atom is 0.433 e. The minimum atomic E-state index is -4.72. The number of fused-ring (bicyclic) bond motifs is 2. The SMILES string of the molecule is Cc1cc(C(F)(F)F)nc(-c2ccnc3cc(CN4C(=O)C5C(C4=O)C5(C)C)sc23)c1C(=O)N1CCC(C)(N)C1.Cl.Cl.Cl. The van der Waals surface area contributed by atoms with Crippen molar-refractivity contribution in [1.82, 2.24) is 19.8 Å². The third-order valence-electron chi connectivity index (χ3n) is 8.44. The first-order valence-electron chi connectivity index (χ1n) is 13.0. The zero-order chi connectivity index (χ0) is 28.9. The minimum Gasteiger partial charge on any atom is -0.337 e. The molecule has 15 heteroatoms. The van der Waals surface area contributed by atoms with Crippen LogP contribution in [-0.2, 0) is 22.3 Å². The standard InChI is InChI=1S/C28H28F3N5O3S.3ClH/c1-13-9-17(28(29,30)31)34-21(18(13)23(37)35-8-6-27(4,32)12-35)15-5-7-33-16-10-14(40-22(15)16)11-36-24(38)19-20(25(36)39)26(19,2)3;;;/h5,7,9-10,19-20H,6,8,11-12,32H2,1-4H3;3*1H. The third kappa shape index (κ3) is 5.72. The van der Waals surface area contributed by atoms with Crippen molar-refractivity contribution in [1.29, 1.82) is 0 Å². The molecule has 0 spiro atoms. The predicted molar refractivity (Wildman–Crippen MR) is 164 cm³/mol. The van der Waals surface area contributed by atoms with Gasteiger partial charge in [0.05, 0.1) is 39.9 Å². The Morgan fingerprint density at radius 2 is 1.74 bits per heavy atom. The van der Waals surface area contributed by atoms with Crippen LogP contribution < -0.4 is 5.73 Å². The highest BCUT2D eigenvalue weighted by Crippen LogP contribution is 2.63. The van der Waals surface area contributed by atoms with Gasteiger partial charge < -0.3 is 10.6 Å². The van der Waals surface area contributed by atoms with Crippen molar-refractivity contribution in [3.63, 3.8) is 0 Å². The normalized spacial score (nSPS) is 23.9. The van der Waals surface area contributed by atoms with Crippen LogP contribution >= 0.6 is 48.6 Å². The van der Waals surface area contributed by atoms with Crippen LogP contribution in [0.4, 0.5) is 13.2 Å². The van der Waals surface area contributed by atoms with Crippen molar-refractivity contribution in [3.8, 4) is 11.3 Å². The zero-order valence-electron chi connectivity index (χ0n) is 23.7. The van der Waals surface area contributed by atoms with E-state index in [0.29, 0.717) is 33.6 Å². The number of rotatable bonds is 4. The quantitative estimate of drug-likeness (QED) is 0.357. The zero-order valence-corrected chi connectivity index (χ0v) is 26.9.